The van der Waals surface area contributed by atoms with E-state index in [1.807, 2.05) is 0 Å². The number of rotatable bonds is 30. The molecule has 1 fully saturated rings. The van der Waals surface area contributed by atoms with Gasteiger partial charge in [0.05, 0.1) is 26.4 Å². The number of hydrogen-bond acceptors (Lipinski definition) is 5. The third-order valence-electron chi connectivity index (χ3n) is 14.9. The summed E-state index contributed by atoms with van der Waals surface area (Å²) >= 11 is 3.76. The third-order valence-corrected chi connectivity index (χ3v) is 15.4. The Bertz CT molecular complexity index is 2520. The van der Waals surface area contributed by atoms with Crippen molar-refractivity contribution in [1.82, 2.24) is 0 Å². The fourth-order valence-electron chi connectivity index (χ4n) is 10.8. The van der Waals surface area contributed by atoms with E-state index in [1.165, 1.54) is 113 Å². The summed E-state index contributed by atoms with van der Waals surface area (Å²) in [6.45, 7) is 11.8. The first-order chi connectivity index (χ1) is 36.0. The van der Waals surface area contributed by atoms with E-state index in [0.29, 0.717) is 25.2 Å². The van der Waals surface area contributed by atoms with E-state index in [4.69, 9.17) is 18.9 Å². The van der Waals surface area contributed by atoms with Gasteiger partial charge in [0.2, 0.25) is 0 Å². The Labute approximate surface area is 447 Å². The minimum atomic E-state index is 0.510. The van der Waals surface area contributed by atoms with Crippen molar-refractivity contribution in [3.05, 3.63) is 154 Å². The van der Waals surface area contributed by atoms with E-state index in [2.05, 4.69) is 182 Å². The monoisotopic (exact) mass is 1040 g/mol. The maximum atomic E-state index is 6.56. The molecule has 2 aliphatic rings. The fourth-order valence-corrected chi connectivity index (χ4v) is 11.2. The molecule has 6 heteroatoms. The Kier molecular flexibility index (Phi) is 20.8. The zero-order valence-electron chi connectivity index (χ0n) is 44.6. The SMILES string of the molecule is CCCCCCOc1ccc(-c2ccc(C(=Cc3ccc(N4c5ccc(Br)cc5C5CCCC54)cc3)c3ccc(-c4ccc(OCCCCCC)cc4OCCCCCC)cc3)cc2)c(OCCCCCC)c1. The second-order valence-electron chi connectivity index (χ2n) is 20.4. The van der Waals surface area contributed by atoms with Crippen molar-refractivity contribution in [2.75, 3.05) is 31.3 Å². The highest BCUT2D eigenvalue weighted by Crippen LogP contribution is 2.53. The molecule has 1 aliphatic heterocycles. The molecule has 6 aromatic carbocycles. The summed E-state index contributed by atoms with van der Waals surface area (Å²) in [7, 11) is 0. The van der Waals surface area contributed by atoms with Gasteiger partial charge in [-0.3, -0.25) is 0 Å². The van der Waals surface area contributed by atoms with Gasteiger partial charge in [0.25, 0.3) is 0 Å². The maximum Gasteiger partial charge on any atom is 0.130 e. The van der Waals surface area contributed by atoms with Crippen LogP contribution in [-0.2, 0) is 0 Å². The lowest BCUT2D eigenvalue weighted by molar-refractivity contribution is 0.291. The molecular weight excluding hydrogens is 963 g/mol. The van der Waals surface area contributed by atoms with Crippen LogP contribution >= 0.6 is 15.9 Å². The Morgan fingerprint density at radius 1 is 0.493 bits per heavy atom. The molecule has 0 spiro atoms. The molecule has 1 aliphatic carbocycles. The molecule has 1 saturated carbocycles. The smallest absolute Gasteiger partial charge is 0.130 e. The van der Waals surface area contributed by atoms with Crippen LogP contribution in [0.1, 0.15) is 178 Å². The van der Waals surface area contributed by atoms with Gasteiger partial charge in [-0.1, -0.05) is 188 Å². The van der Waals surface area contributed by atoms with Gasteiger partial charge in [-0.25, -0.2) is 0 Å². The standard InChI is InChI=1S/C67H82BrNO4/c1-5-9-13-17-42-70-57-37-39-59(66(48-57)72-44-19-15-11-7-3)51-26-30-53(31-27-51)62(46-50-24-35-56(36-25-50)69-64-23-21-22-61(64)63-47-55(68)34-41-65(63)69)54-32-28-52(29-33-54)60-40-38-58(71-43-18-14-10-6-2)49-67(60)73-45-20-16-12-8-4/h24-41,46-49,61,64H,5-23,42-45H2,1-4H3. The van der Waals surface area contributed by atoms with Crippen molar-refractivity contribution < 1.29 is 18.9 Å². The van der Waals surface area contributed by atoms with Gasteiger partial charge in [0.1, 0.15) is 23.0 Å². The van der Waals surface area contributed by atoms with E-state index in [-0.39, 0.29) is 0 Å². The molecule has 6 aromatic rings. The minimum Gasteiger partial charge on any atom is -0.493 e. The van der Waals surface area contributed by atoms with E-state index in [1.54, 1.807) is 0 Å². The first-order valence-corrected chi connectivity index (χ1v) is 29.2. The topological polar surface area (TPSA) is 40.2 Å². The van der Waals surface area contributed by atoms with Crippen molar-refractivity contribution in [2.45, 2.75) is 162 Å². The highest BCUT2D eigenvalue weighted by molar-refractivity contribution is 9.10. The number of unbranched alkanes of at least 4 members (excludes halogenated alkanes) is 12. The van der Waals surface area contributed by atoms with Crippen molar-refractivity contribution in [3.8, 4) is 45.3 Å². The summed E-state index contributed by atoms with van der Waals surface area (Å²) in [6.07, 6.45) is 24.8. The van der Waals surface area contributed by atoms with Gasteiger partial charge in [0, 0.05) is 51.1 Å². The summed E-state index contributed by atoms with van der Waals surface area (Å²) in [4.78, 5) is 2.61. The third kappa shape index (κ3) is 14.7. The molecule has 0 amide bonds. The van der Waals surface area contributed by atoms with Crippen LogP contribution in [0.15, 0.2) is 132 Å². The highest BCUT2D eigenvalue weighted by Gasteiger charge is 2.42. The van der Waals surface area contributed by atoms with Crippen LogP contribution in [0, 0.1) is 0 Å². The minimum absolute atomic E-state index is 0.510. The molecule has 2 unspecified atom stereocenters. The summed E-state index contributed by atoms with van der Waals surface area (Å²) < 4.78 is 26.8. The molecule has 386 valence electrons. The number of fused-ring (bicyclic) bond motifs is 3. The zero-order valence-corrected chi connectivity index (χ0v) is 46.2. The first kappa shape index (κ1) is 53.8. The number of hydrogen-bond donors (Lipinski definition) is 0. The summed E-state index contributed by atoms with van der Waals surface area (Å²) in [5.74, 6) is 4.10. The lowest BCUT2D eigenvalue weighted by Crippen LogP contribution is -2.26. The maximum absolute atomic E-state index is 6.56. The predicted molar refractivity (Wildman–Crippen MR) is 312 cm³/mol. The Hall–Kier alpha value is -5.46. The molecular formula is C67H82BrNO4. The van der Waals surface area contributed by atoms with Crippen LogP contribution in [-0.4, -0.2) is 32.5 Å². The molecule has 1 heterocycles. The molecule has 0 radical (unpaired) electrons. The number of nitrogens with zero attached hydrogens (tertiary/aromatic N) is 1. The van der Waals surface area contributed by atoms with Crippen LogP contribution in [0.2, 0.25) is 0 Å². The van der Waals surface area contributed by atoms with E-state index in [0.717, 1.165) is 111 Å². The first-order valence-electron chi connectivity index (χ1n) is 28.4. The normalized spacial score (nSPS) is 14.7. The number of benzene rings is 6. The second kappa shape index (κ2) is 28.3. The Morgan fingerprint density at radius 2 is 0.973 bits per heavy atom. The van der Waals surface area contributed by atoms with Gasteiger partial charge >= 0.3 is 0 Å². The number of anilines is 2. The average Bonchev–Trinajstić information content (AvgIpc) is 4.02. The van der Waals surface area contributed by atoms with Gasteiger partial charge in [-0.15, -0.1) is 0 Å². The quantitative estimate of drug-likeness (QED) is 0.0332. The molecule has 0 bridgehead atoms. The lowest BCUT2D eigenvalue weighted by atomic mass is 9.92. The molecule has 8 rings (SSSR count). The molecule has 0 saturated heterocycles. The van der Waals surface area contributed by atoms with E-state index < -0.39 is 0 Å². The lowest BCUT2D eigenvalue weighted by Gasteiger charge is -2.27. The number of halogens is 1. The predicted octanol–water partition coefficient (Wildman–Crippen LogP) is 20.0. The van der Waals surface area contributed by atoms with Gasteiger partial charge in [-0.2, -0.15) is 0 Å². The molecule has 73 heavy (non-hydrogen) atoms. The summed E-state index contributed by atoms with van der Waals surface area (Å²) in [6, 6.07) is 47.5. The second-order valence-corrected chi connectivity index (χ2v) is 21.4. The van der Waals surface area contributed by atoms with Crippen LogP contribution in [0.5, 0.6) is 23.0 Å². The van der Waals surface area contributed by atoms with Crippen molar-refractivity contribution in [1.29, 1.82) is 0 Å². The summed E-state index contributed by atoms with van der Waals surface area (Å²) in [5.41, 5.74) is 13.1. The molecule has 2 atom stereocenters. The van der Waals surface area contributed by atoms with Crippen molar-refractivity contribution >= 4 is 39.0 Å². The fraction of sp³-hybridized carbons (Fsp3) is 0.433. The van der Waals surface area contributed by atoms with Gasteiger partial charge in [-0.05, 0) is 138 Å². The van der Waals surface area contributed by atoms with E-state index >= 15 is 0 Å². The molecule has 5 nitrogen and oxygen atoms in total. The average molecular weight is 1050 g/mol. The Balaban J connectivity index is 1.10. The van der Waals surface area contributed by atoms with Gasteiger partial charge in [0.15, 0.2) is 0 Å². The van der Waals surface area contributed by atoms with Crippen LogP contribution < -0.4 is 23.8 Å². The largest absolute Gasteiger partial charge is 0.493 e. The molecule has 0 N–H and O–H groups in total. The van der Waals surface area contributed by atoms with Crippen molar-refractivity contribution in [3.63, 3.8) is 0 Å². The van der Waals surface area contributed by atoms with Gasteiger partial charge < -0.3 is 23.8 Å². The Morgan fingerprint density at radius 3 is 1.45 bits per heavy atom. The van der Waals surface area contributed by atoms with Crippen LogP contribution in [0.25, 0.3) is 33.9 Å². The van der Waals surface area contributed by atoms with Crippen molar-refractivity contribution in [2.24, 2.45) is 0 Å². The van der Waals surface area contributed by atoms with Crippen LogP contribution in [0.3, 0.4) is 0 Å². The zero-order chi connectivity index (χ0) is 50.6. The molecule has 0 aromatic heterocycles. The van der Waals surface area contributed by atoms with Crippen LogP contribution in [0.4, 0.5) is 11.4 Å². The van der Waals surface area contributed by atoms with E-state index in [9.17, 15) is 0 Å². The number of ether oxygens (including phenoxy) is 4. The highest BCUT2D eigenvalue weighted by atomic mass is 79.9. The summed E-state index contributed by atoms with van der Waals surface area (Å²) in [5, 5.41) is 0.